The molecule has 80 valence electrons. The summed E-state index contributed by atoms with van der Waals surface area (Å²) in [5.74, 6) is 0. The van der Waals surface area contributed by atoms with Gasteiger partial charge >= 0.3 is 6.03 Å². The van der Waals surface area contributed by atoms with Gasteiger partial charge in [0.15, 0.2) is 0 Å². The summed E-state index contributed by atoms with van der Waals surface area (Å²) in [6, 6.07) is 0.406. The number of carbonyl (C=O) groups is 1. The van der Waals surface area contributed by atoms with Gasteiger partial charge in [-0.1, -0.05) is 0 Å². The molecule has 0 aromatic rings. The Kier molecular flexibility index (Phi) is 2.91. The van der Waals surface area contributed by atoms with E-state index in [0.29, 0.717) is 25.3 Å². The third kappa shape index (κ3) is 1.71. The monoisotopic (exact) mass is 198 g/mol. The van der Waals surface area contributed by atoms with E-state index >= 15 is 0 Å². The zero-order valence-electron chi connectivity index (χ0n) is 8.66. The molecule has 2 fully saturated rings. The number of urea groups is 1. The van der Waals surface area contributed by atoms with E-state index in [4.69, 9.17) is 4.74 Å². The SMILES string of the molecule is CCNC(=O)N1CCOC2CCCC21. The van der Waals surface area contributed by atoms with Crippen LogP contribution in [0, 0.1) is 0 Å². The number of amides is 2. The topological polar surface area (TPSA) is 41.6 Å². The van der Waals surface area contributed by atoms with E-state index in [1.54, 1.807) is 0 Å². The highest BCUT2D eigenvalue weighted by molar-refractivity contribution is 5.74. The van der Waals surface area contributed by atoms with Crippen LogP contribution in [0.5, 0.6) is 0 Å². The van der Waals surface area contributed by atoms with Crippen LogP contribution in [0.15, 0.2) is 0 Å². The van der Waals surface area contributed by atoms with Crippen molar-refractivity contribution in [2.75, 3.05) is 19.7 Å². The van der Waals surface area contributed by atoms with Crippen LogP contribution in [-0.4, -0.2) is 42.8 Å². The smallest absolute Gasteiger partial charge is 0.317 e. The van der Waals surface area contributed by atoms with Crippen molar-refractivity contribution in [1.29, 1.82) is 0 Å². The van der Waals surface area contributed by atoms with Gasteiger partial charge in [0.1, 0.15) is 0 Å². The number of hydrogen-bond acceptors (Lipinski definition) is 2. The predicted molar refractivity (Wildman–Crippen MR) is 53.2 cm³/mol. The summed E-state index contributed by atoms with van der Waals surface area (Å²) in [5.41, 5.74) is 0. The van der Waals surface area contributed by atoms with Gasteiger partial charge in [0.05, 0.1) is 18.8 Å². The third-order valence-corrected chi connectivity index (χ3v) is 3.07. The Hall–Kier alpha value is -0.770. The number of ether oxygens (including phenoxy) is 1. The van der Waals surface area contributed by atoms with Crippen LogP contribution in [0.3, 0.4) is 0 Å². The van der Waals surface area contributed by atoms with Gasteiger partial charge in [-0.05, 0) is 26.2 Å². The lowest BCUT2D eigenvalue weighted by Crippen LogP contribution is -2.54. The van der Waals surface area contributed by atoms with E-state index in [-0.39, 0.29) is 6.03 Å². The maximum atomic E-state index is 11.7. The minimum absolute atomic E-state index is 0.0766. The summed E-state index contributed by atoms with van der Waals surface area (Å²) in [6.07, 6.45) is 3.69. The molecule has 2 atom stereocenters. The average Bonchev–Trinajstić information content (AvgIpc) is 2.65. The van der Waals surface area contributed by atoms with Gasteiger partial charge in [-0.3, -0.25) is 0 Å². The fourth-order valence-corrected chi connectivity index (χ4v) is 2.43. The molecule has 0 aromatic carbocycles. The third-order valence-electron chi connectivity index (χ3n) is 3.07. The van der Waals surface area contributed by atoms with Crippen molar-refractivity contribution < 1.29 is 9.53 Å². The first-order valence-electron chi connectivity index (χ1n) is 5.49. The fourth-order valence-electron chi connectivity index (χ4n) is 2.43. The second-order valence-corrected chi connectivity index (χ2v) is 3.94. The summed E-state index contributed by atoms with van der Waals surface area (Å²) in [5, 5.41) is 2.86. The number of hydrogen-bond donors (Lipinski definition) is 1. The van der Waals surface area contributed by atoms with Crippen LogP contribution in [0.2, 0.25) is 0 Å². The van der Waals surface area contributed by atoms with Crippen molar-refractivity contribution in [3.63, 3.8) is 0 Å². The molecular weight excluding hydrogens is 180 g/mol. The summed E-state index contributed by atoms with van der Waals surface area (Å²) >= 11 is 0. The number of fused-ring (bicyclic) bond motifs is 1. The quantitative estimate of drug-likeness (QED) is 0.682. The van der Waals surface area contributed by atoms with Crippen molar-refractivity contribution >= 4 is 6.03 Å². The van der Waals surface area contributed by atoms with E-state index in [2.05, 4.69) is 5.32 Å². The molecule has 0 spiro atoms. The van der Waals surface area contributed by atoms with Gasteiger partial charge in [0.2, 0.25) is 0 Å². The Labute approximate surface area is 84.6 Å². The van der Waals surface area contributed by atoms with Gasteiger partial charge in [0, 0.05) is 13.1 Å². The van der Waals surface area contributed by atoms with Crippen LogP contribution in [-0.2, 0) is 4.74 Å². The minimum atomic E-state index is 0.0766. The second-order valence-electron chi connectivity index (χ2n) is 3.94. The van der Waals surface area contributed by atoms with Gasteiger partial charge < -0.3 is 15.0 Å². The highest BCUT2D eigenvalue weighted by Crippen LogP contribution is 2.29. The Balaban J connectivity index is 1.99. The van der Waals surface area contributed by atoms with Crippen LogP contribution < -0.4 is 5.32 Å². The van der Waals surface area contributed by atoms with Crippen molar-refractivity contribution in [3.8, 4) is 0 Å². The number of carbonyl (C=O) groups excluding carboxylic acids is 1. The summed E-state index contributed by atoms with van der Waals surface area (Å²) < 4.78 is 5.64. The lowest BCUT2D eigenvalue weighted by atomic mass is 10.1. The van der Waals surface area contributed by atoms with Crippen LogP contribution in [0.4, 0.5) is 4.79 Å². The fraction of sp³-hybridized carbons (Fsp3) is 0.900. The molecule has 2 amide bonds. The molecule has 1 aliphatic carbocycles. The normalized spacial score (nSPS) is 31.4. The van der Waals surface area contributed by atoms with E-state index in [1.165, 1.54) is 6.42 Å². The Morgan fingerprint density at radius 3 is 3.21 bits per heavy atom. The number of nitrogens with one attached hydrogen (secondary N) is 1. The van der Waals surface area contributed by atoms with Gasteiger partial charge in [-0.15, -0.1) is 0 Å². The molecule has 0 aromatic heterocycles. The molecule has 14 heavy (non-hydrogen) atoms. The van der Waals surface area contributed by atoms with Crippen LogP contribution >= 0.6 is 0 Å². The number of nitrogens with zero attached hydrogens (tertiary/aromatic N) is 1. The molecule has 0 bridgehead atoms. The van der Waals surface area contributed by atoms with E-state index < -0.39 is 0 Å². The minimum Gasteiger partial charge on any atom is -0.374 e. The maximum Gasteiger partial charge on any atom is 0.317 e. The molecule has 2 unspecified atom stereocenters. The molecule has 2 rings (SSSR count). The lowest BCUT2D eigenvalue weighted by Gasteiger charge is -2.37. The van der Waals surface area contributed by atoms with Gasteiger partial charge in [-0.25, -0.2) is 4.79 Å². The zero-order chi connectivity index (χ0) is 9.97. The van der Waals surface area contributed by atoms with Crippen LogP contribution in [0.25, 0.3) is 0 Å². The van der Waals surface area contributed by atoms with Gasteiger partial charge in [-0.2, -0.15) is 0 Å². The predicted octanol–water partition coefficient (Wildman–Crippen LogP) is 0.969. The molecule has 2 aliphatic rings. The molecule has 1 saturated heterocycles. The molecule has 1 saturated carbocycles. The van der Waals surface area contributed by atoms with E-state index in [1.807, 2.05) is 11.8 Å². The van der Waals surface area contributed by atoms with Crippen molar-refractivity contribution in [3.05, 3.63) is 0 Å². The Morgan fingerprint density at radius 2 is 2.43 bits per heavy atom. The zero-order valence-corrected chi connectivity index (χ0v) is 8.66. The molecule has 1 N–H and O–H groups in total. The maximum absolute atomic E-state index is 11.7. The number of rotatable bonds is 1. The molecular formula is C10H18N2O2. The second kappa shape index (κ2) is 4.17. The highest BCUT2D eigenvalue weighted by atomic mass is 16.5. The summed E-state index contributed by atoms with van der Waals surface area (Å²) in [6.45, 7) is 4.09. The molecule has 1 heterocycles. The number of morpholine rings is 1. The van der Waals surface area contributed by atoms with Crippen molar-refractivity contribution in [1.82, 2.24) is 10.2 Å². The molecule has 0 radical (unpaired) electrons. The van der Waals surface area contributed by atoms with Crippen LogP contribution in [0.1, 0.15) is 26.2 Å². The van der Waals surface area contributed by atoms with Gasteiger partial charge in [0.25, 0.3) is 0 Å². The summed E-state index contributed by atoms with van der Waals surface area (Å²) in [7, 11) is 0. The Morgan fingerprint density at radius 1 is 1.57 bits per heavy atom. The first kappa shape index (κ1) is 9.77. The first-order chi connectivity index (χ1) is 6.83. The van der Waals surface area contributed by atoms with Crippen molar-refractivity contribution in [2.45, 2.75) is 38.3 Å². The molecule has 1 aliphatic heterocycles. The molecule has 4 heteroatoms. The standard InChI is InChI=1S/C10H18N2O2/c1-2-11-10(13)12-6-7-14-9-5-3-4-8(9)12/h8-9H,2-7H2,1H3,(H,11,13). The lowest BCUT2D eigenvalue weighted by molar-refractivity contribution is -0.0381. The van der Waals surface area contributed by atoms with Crippen molar-refractivity contribution in [2.24, 2.45) is 0 Å². The highest BCUT2D eigenvalue weighted by Gasteiger charge is 2.38. The molecule has 4 nitrogen and oxygen atoms in total. The first-order valence-corrected chi connectivity index (χ1v) is 5.49. The largest absolute Gasteiger partial charge is 0.374 e. The van der Waals surface area contributed by atoms with E-state index in [0.717, 1.165) is 19.4 Å². The van der Waals surface area contributed by atoms with E-state index in [9.17, 15) is 4.79 Å². The summed E-state index contributed by atoms with van der Waals surface area (Å²) in [4.78, 5) is 13.6. The average molecular weight is 198 g/mol. The Bertz CT molecular complexity index is 220.